The standard InChI is InChI=1S/C13H24O/c1-4-6-7-8-9-10-11-12-13(3,14)5-2/h2,14H,4,6-12H2,1,3H3. The topological polar surface area (TPSA) is 20.2 Å². The van der Waals surface area contributed by atoms with Crippen LogP contribution in [0.1, 0.15) is 65.2 Å². The first-order chi connectivity index (χ1) is 6.62. The van der Waals surface area contributed by atoms with Crippen molar-refractivity contribution in [3.63, 3.8) is 0 Å². The first kappa shape index (κ1) is 13.5. The zero-order valence-corrected chi connectivity index (χ0v) is 9.68. The smallest absolute Gasteiger partial charge is 0.122 e. The van der Waals surface area contributed by atoms with Crippen molar-refractivity contribution < 1.29 is 5.11 Å². The molecule has 0 heterocycles. The molecule has 0 aromatic carbocycles. The molecule has 1 heteroatoms. The number of aliphatic hydroxyl groups is 1. The summed E-state index contributed by atoms with van der Waals surface area (Å²) in [5.74, 6) is 2.41. The van der Waals surface area contributed by atoms with E-state index in [1.807, 2.05) is 0 Å². The number of hydrogen-bond acceptors (Lipinski definition) is 1. The van der Waals surface area contributed by atoms with Gasteiger partial charge < -0.3 is 5.11 Å². The lowest BCUT2D eigenvalue weighted by Gasteiger charge is -2.15. The summed E-state index contributed by atoms with van der Waals surface area (Å²) in [7, 11) is 0. The molecule has 0 aliphatic rings. The molecule has 0 bridgehead atoms. The van der Waals surface area contributed by atoms with Gasteiger partial charge in [-0.2, -0.15) is 0 Å². The maximum atomic E-state index is 9.53. The molecule has 0 rings (SSSR count). The van der Waals surface area contributed by atoms with Crippen LogP contribution in [0.25, 0.3) is 0 Å². The van der Waals surface area contributed by atoms with Gasteiger partial charge in [0.25, 0.3) is 0 Å². The Labute approximate surface area is 88.9 Å². The lowest BCUT2D eigenvalue weighted by molar-refractivity contribution is 0.109. The zero-order chi connectivity index (χ0) is 10.9. The van der Waals surface area contributed by atoms with Crippen molar-refractivity contribution in [2.75, 3.05) is 0 Å². The van der Waals surface area contributed by atoms with Gasteiger partial charge in [-0.3, -0.25) is 0 Å². The molecule has 0 aliphatic heterocycles. The molecule has 0 amide bonds. The van der Waals surface area contributed by atoms with E-state index >= 15 is 0 Å². The van der Waals surface area contributed by atoms with Gasteiger partial charge in [0.05, 0.1) is 0 Å². The monoisotopic (exact) mass is 196 g/mol. The van der Waals surface area contributed by atoms with Crippen LogP contribution in [0.4, 0.5) is 0 Å². The van der Waals surface area contributed by atoms with Crippen molar-refractivity contribution in [2.45, 2.75) is 70.8 Å². The molecule has 82 valence electrons. The minimum absolute atomic E-state index is 0.733. The van der Waals surface area contributed by atoms with E-state index in [-0.39, 0.29) is 0 Å². The molecule has 0 saturated carbocycles. The molecule has 0 aromatic heterocycles. The molecule has 0 fully saturated rings. The second kappa shape index (κ2) is 7.88. The second-order valence-corrected chi connectivity index (χ2v) is 4.29. The summed E-state index contributed by atoms with van der Waals surface area (Å²) in [5, 5.41) is 9.53. The fourth-order valence-electron chi connectivity index (χ4n) is 1.50. The number of unbranched alkanes of at least 4 members (excludes halogenated alkanes) is 6. The average Bonchev–Trinajstić information content (AvgIpc) is 2.16. The van der Waals surface area contributed by atoms with E-state index in [0.29, 0.717) is 0 Å². The van der Waals surface area contributed by atoms with Crippen molar-refractivity contribution >= 4 is 0 Å². The Morgan fingerprint density at radius 3 is 2.07 bits per heavy atom. The Kier molecular flexibility index (Phi) is 7.61. The Bertz CT molecular complexity index is 165. The van der Waals surface area contributed by atoms with Crippen molar-refractivity contribution in [3.05, 3.63) is 0 Å². The van der Waals surface area contributed by atoms with Crippen LogP contribution in [0.5, 0.6) is 0 Å². The van der Waals surface area contributed by atoms with E-state index in [4.69, 9.17) is 6.42 Å². The predicted octanol–water partition coefficient (Wildman–Crippen LogP) is 3.51. The van der Waals surface area contributed by atoms with Crippen molar-refractivity contribution in [3.8, 4) is 12.3 Å². The minimum atomic E-state index is -0.885. The molecule has 1 unspecified atom stereocenters. The summed E-state index contributed by atoms with van der Waals surface area (Å²) < 4.78 is 0. The normalized spacial score (nSPS) is 14.7. The van der Waals surface area contributed by atoms with Crippen LogP contribution in [0.2, 0.25) is 0 Å². The van der Waals surface area contributed by atoms with E-state index in [0.717, 1.165) is 12.8 Å². The molecule has 1 atom stereocenters. The van der Waals surface area contributed by atoms with Gasteiger partial charge in [-0.15, -0.1) is 6.42 Å². The quantitative estimate of drug-likeness (QED) is 0.465. The third kappa shape index (κ3) is 8.13. The Balaban J connectivity index is 3.18. The van der Waals surface area contributed by atoms with Gasteiger partial charge in [-0.1, -0.05) is 51.4 Å². The highest BCUT2D eigenvalue weighted by Gasteiger charge is 2.14. The minimum Gasteiger partial charge on any atom is -0.378 e. The molecule has 0 radical (unpaired) electrons. The number of rotatable bonds is 8. The SMILES string of the molecule is C#CC(C)(O)CCCCCCCCC. The van der Waals surface area contributed by atoms with Crippen LogP contribution in [0.3, 0.4) is 0 Å². The lowest BCUT2D eigenvalue weighted by atomic mass is 9.98. The largest absolute Gasteiger partial charge is 0.378 e. The molecule has 1 nitrogen and oxygen atoms in total. The Morgan fingerprint density at radius 1 is 1.07 bits per heavy atom. The van der Waals surface area contributed by atoms with E-state index in [1.54, 1.807) is 6.92 Å². The molecule has 0 aliphatic carbocycles. The third-order valence-electron chi connectivity index (χ3n) is 2.58. The molecule has 0 spiro atoms. The van der Waals surface area contributed by atoms with Crippen LogP contribution in [-0.2, 0) is 0 Å². The molecular formula is C13H24O. The Morgan fingerprint density at radius 2 is 1.57 bits per heavy atom. The van der Waals surface area contributed by atoms with Gasteiger partial charge in [0.1, 0.15) is 5.60 Å². The van der Waals surface area contributed by atoms with Crippen LogP contribution in [-0.4, -0.2) is 10.7 Å². The number of terminal acetylenes is 1. The summed E-state index contributed by atoms with van der Waals surface area (Å²) in [5.41, 5.74) is -0.885. The molecule has 14 heavy (non-hydrogen) atoms. The summed E-state index contributed by atoms with van der Waals surface area (Å²) in [6.07, 6.45) is 14.8. The third-order valence-corrected chi connectivity index (χ3v) is 2.58. The van der Waals surface area contributed by atoms with Gasteiger partial charge in [-0.05, 0) is 19.8 Å². The summed E-state index contributed by atoms with van der Waals surface area (Å²) in [6, 6.07) is 0. The summed E-state index contributed by atoms with van der Waals surface area (Å²) in [6.45, 7) is 3.94. The molecular weight excluding hydrogens is 172 g/mol. The molecule has 0 aromatic rings. The fraction of sp³-hybridized carbons (Fsp3) is 0.846. The van der Waals surface area contributed by atoms with E-state index in [9.17, 15) is 5.11 Å². The van der Waals surface area contributed by atoms with Crippen molar-refractivity contribution in [2.24, 2.45) is 0 Å². The Hall–Kier alpha value is -0.480. The van der Waals surface area contributed by atoms with Gasteiger partial charge in [0.2, 0.25) is 0 Å². The first-order valence-electron chi connectivity index (χ1n) is 5.82. The van der Waals surface area contributed by atoms with Crippen LogP contribution in [0, 0.1) is 12.3 Å². The van der Waals surface area contributed by atoms with E-state index < -0.39 is 5.60 Å². The lowest BCUT2D eigenvalue weighted by Crippen LogP contribution is -2.20. The second-order valence-electron chi connectivity index (χ2n) is 4.29. The van der Waals surface area contributed by atoms with Gasteiger partial charge in [0.15, 0.2) is 0 Å². The highest BCUT2D eigenvalue weighted by molar-refractivity contribution is 5.03. The first-order valence-corrected chi connectivity index (χ1v) is 5.82. The van der Waals surface area contributed by atoms with Gasteiger partial charge in [0, 0.05) is 0 Å². The van der Waals surface area contributed by atoms with Crippen molar-refractivity contribution in [1.29, 1.82) is 0 Å². The fourth-order valence-corrected chi connectivity index (χ4v) is 1.50. The van der Waals surface area contributed by atoms with Gasteiger partial charge in [-0.25, -0.2) is 0 Å². The van der Waals surface area contributed by atoms with Crippen LogP contribution in [0.15, 0.2) is 0 Å². The predicted molar refractivity (Wildman–Crippen MR) is 62.1 cm³/mol. The highest BCUT2D eigenvalue weighted by Crippen LogP contribution is 2.14. The zero-order valence-electron chi connectivity index (χ0n) is 9.68. The van der Waals surface area contributed by atoms with Crippen LogP contribution >= 0.6 is 0 Å². The molecule has 1 N–H and O–H groups in total. The van der Waals surface area contributed by atoms with Crippen molar-refractivity contribution in [1.82, 2.24) is 0 Å². The maximum Gasteiger partial charge on any atom is 0.122 e. The highest BCUT2D eigenvalue weighted by atomic mass is 16.3. The molecule has 0 saturated heterocycles. The van der Waals surface area contributed by atoms with Crippen LogP contribution < -0.4 is 0 Å². The number of hydrogen-bond donors (Lipinski definition) is 1. The van der Waals surface area contributed by atoms with E-state index in [1.165, 1.54) is 38.5 Å². The summed E-state index contributed by atoms with van der Waals surface area (Å²) >= 11 is 0. The maximum absolute atomic E-state index is 9.53. The van der Waals surface area contributed by atoms with E-state index in [2.05, 4.69) is 12.8 Å². The summed E-state index contributed by atoms with van der Waals surface area (Å²) in [4.78, 5) is 0. The average molecular weight is 196 g/mol. The van der Waals surface area contributed by atoms with Gasteiger partial charge >= 0.3 is 0 Å².